The van der Waals surface area contributed by atoms with Crippen LogP contribution >= 0.6 is 0 Å². The first kappa shape index (κ1) is 17.3. The third kappa shape index (κ3) is 3.07. The summed E-state index contributed by atoms with van der Waals surface area (Å²) in [4.78, 5) is 42.3. The Morgan fingerprint density at radius 1 is 1.19 bits per heavy atom. The molecule has 3 heterocycles. The summed E-state index contributed by atoms with van der Waals surface area (Å²) in [5, 5.41) is 4.76. The molecule has 0 atom stereocenters. The van der Waals surface area contributed by atoms with Crippen LogP contribution in [0, 0.1) is 0 Å². The number of piperidine rings is 1. The Kier molecular flexibility index (Phi) is 4.39. The fraction of sp³-hybridized carbons (Fsp3) is 0.368. The van der Waals surface area contributed by atoms with Gasteiger partial charge in [-0.1, -0.05) is 12.1 Å². The summed E-state index contributed by atoms with van der Waals surface area (Å²) in [5.74, 6) is -0.111. The Bertz CT molecular complexity index is 1100. The maximum Gasteiger partial charge on any atom is 0.329 e. The van der Waals surface area contributed by atoms with E-state index in [1.54, 1.807) is 46.1 Å². The Morgan fingerprint density at radius 3 is 2.63 bits per heavy atom. The molecule has 1 N–H and O–H groups in total. The number of hydrogen-bond acceptors (Lipinski definition) is 4. The number of H-pyrrole nitrogens is 1. The lowest BCUT2D eigenvalue weighted by atomic mass is 10.0. The van der Waals surface area contributed by atoms with Gasteiger partial charge in [-0.25, -0.2) is 4.79 Å². The van der Waals surface area contributed by atoms with Gasteiger partial charge in [-0.05, 0) is 38.0 Å². The first-order valence-electron chi connectivity index (χ1n) is 9.14. The molecular weight excluding hydrogens is 346 g/mol. The molecule has 1 aliphatic heterocycles. The highest BCUT2D eigenvalue weighted by Gasteiger charge is 2.27. The molecule has 0 spiro atoms. The number of nitrogens with zero attached hydrogens (tertiary/aromatic N) is 4. The number of aromatic amines is 1. The van der Waals surface area contributed by atoms with Crippen molar-refractivity contribution in [3.05, 3.63) is 63.1 Å². The number of para-hydroxylation sites is 1. The quantitative estimate of drug-likeness (QED) is 0.757. The molecule has 1 amide bonds. The van der Waals surface area contributed by atoms with Crippen LogP contribution in [0.4, 0.5) is 0 Å². The van der Waals surface area contributed by atoms with Crippen molar-refractivity contribution in [2.24, 2.45) is 0 Å². The standard InChI is InChI=1S/C19H21N5O3/c1-2-23-12-9-16(21-23)18(26)22-10-7-13(8-11-22)24-17(25)14-5-3-4-6-15(14)20-19(24)27/h3-6,9,12-13H,2,7-8,10-11H2,1H3,(H,20,27). The SMILES string of the molecule is CCn1ccc(C(=O)N2CCC(n3c(=O)[nH]c4ccccc4c3=O)CC2)n1. The summed E-state index contributed by atoms with van der Waals surface area (Å²) in [7, 11) is 0. The van der Waals surface area contributed by atoms with Crippen molar-refractivity contribution in [3.8, 4) is 0 Å². The van der Waals surface area contributed by atoms with Gasteiger partial charge in [0.15, 0.2) is 0 Å². The second kappa shape index (κ2) is 6.86. The number of nitrogens with one attached hydrogen (secondary N) is 1. The first-order valence-corrected chi connectivity index (χ1v) is 9.14. The van der Waals surface area contributed by atoms with Gasteiger partial charge in [-0.3, -0.25) is 18.8 Å². The first-order chi connectivity index (χ1) is 13.1. The zero-order chi connectivity index (χ0) is 19.0. The molecule has 1 aliphatic rings. The minimum Gasteiger partial charge on any atom is -0.337 e. The van der Waals surface area contributed by atoms with Crippen LogP contribution in [0.3, 0.4) is 0 Å². The molecule has 1 aromatic carbocycles. The summed E-state index contributed by atoms with van der Waals surface area (Å²) in [6, 6.07) is 8.50. The molecule has 27 heavy (non-hydrogen) atoms. The minimum absolute atomic E-state index is 0.111. The summed E-state index contributed by atoms with van der Waals surface area (Å²) in [6.07, 6.45) is 2.90. The maximum absolute atomic E-state index is 12.8. The van der Waals surface area contributed by atoms with E-state index < -0.39 is 5.69 Å². The molecular formula is C19H21N5O3. The molecule has 1 fully saturated rings. The van der Waals surface area contributed by atoms with Crippen molar-refractivity contribution < 1.29 is 4.79 Å². The van der Waals surface area contributed by atoms with Crippen LogP contribution in [0.5, 0.6) is 0 Å². The normalized spacial score (nSPS) is 15.4. The lowest BCUT2D eigenvalue weighted by Crippen LogP contribution is -2.45. The predicted octanol–water partition coefficient (Wildman–Crippen LogP) is 1.38. The van der Waals surface area contributed by atoms with Gasteiger partial charge < -0.3 is 9.88 Å². The Hall–Kier alpha value is -3.16. The molecule has 0 unspecified atom stereocenters. The summed E-state index contributed by atoms with van der Waals surface area (Å²) < 4.78 is 3.02. The number of aryl methyl sites for hydroxylation is 1. The van der Waals surface area contributed by atoms with Crippen LogP contribution in [-0.4, -0.2) is 43.2 Å². The monoisotopic (exact) mass is 367 g/mol. The van der Waals surface area contributed by atoms with Crippen LogP contribution in [-0.2, 0) is 6.54 Å². The average Bonchev–Trinajstić information content (AvgIpc) is 3.17. The number of carbonyl (C=O) groups excluding carboxylic acids is 1. The molecule has 8 nitrogen and oxygen atoms in total. The van der Waals surface area contributed by atoms with Crippen LogP contribution in [0.2, 0.25) is 0 Å². The number of aromatic nitrogens is 4. The van der Waals surface area contributed by atoms with E-state index in [1.807, 2.05) is 6.92 Å². The van der Waals surface area contributed by atoms with Gasteiger partial charge in [-0.15, -0.1) is 0 Å². The number of rotatable bonds is 3. The van der Waals surface area contributed by atoms with E-state index in [0.29, 0.717) is 49.1 Å². The van der Waals surface area contributed by atoms with Crippen molar-refractivity contribution in [1.29, 1.82) is 0 Å². The van der Waals surface area contributed by atoms with Crippen LogP contribution in [0.1, 0.15) is 36.3 Å². The third-order valence-corrected chi connectivity index (χ3v) is 5.14. The summed E-state index contributed by atoms with van der Waals surface area (Å²) in [6.45, 7) is 3.65. The molecule has 0 saturated carbocycles. The lowest BCUT2D eigenvalue weighted by molar-refractivity contribution is 0.0685. The molecule has 1 saturated heterocycles. The maximum atomic E-state index is 12.8. The molecule has 0 bridgehead atoms. The summed E-state index contributed by atoms with van der Waals surface area (Å²) >= 11 is 0. The number of amides is 1. The Labute approximate surface area is 155 Å². The smallest absolute Gasteiger partial charge is 0.329 e. The van der Waals surface area contributed by atoms with Crippen LogP contribution < -0.4 is 11.2 Å². The molecule has 8 heteroatoms. The van der Waals surface area contributed by atoms with Crippen molar-refractivity contribution in [3.63, 3.8) is 0 Å². The number of carbonyl (C=O) groups is 1. The van der Waals surface area contributed by atoms with E-state index in [0.717, 1.165) is 0 Å². The second-order valence-corrected chi connectivity index (χ2v) is 6.73. The van der Waals surface area contributed by atoms with Gasteiger partial charge in [0.1, 0.15) is 5.69 Å². The van der Waals surface area contributed by atoms with Crippen molar-refractivity contribution in [1.82, 2.24) is 24.2 Å². The van der Waals surface area contributed by atoms with E-state index >= 15 is 0 Å². The van der Waals surface area contributed by atoms with Gasteiger partial charge in [0.2, 0.25) is 0 Å². The van der Waals surface area contributed by atoms with Crippen molar-refractivity contribution in [2.75, 3.05) is 13.1 Å². The van der Waals surface area contributed by atoms with Gasteiger partial charge >= 0.3 is 5.69 Å². The molecule has 0 radical (unpaired) electrons. The van der Waals surface area contributed by atoms with Crippen molar-refractivity contribution >= 4 is 16.8 Å². The van der Waals surface area contributed by atoms with E-state index in [-0.39, 0.29) is 17.5 Å². The number of fused-ring (bicyclic) bond motifs is 1. The second-order valence-electron chi connectivity index (χ2n) is 6.73. The topological polar surface area (TPSA) is 93.0 Å². The van der Waals surface area contributed by atoms with Gasteiger partial charge in [0.05, 0.1) is 10.9 Å². The molecule has 0 aliphatic carbocycles. The highest BCUT2D eigenvalue weighted by Crippen LogP contribution is 2.21. The summed E-state index contributed by atoms with van der Waals surface area (Å²) in [5.41, 5.74) is 0.296. The molecule has 2 aromatic heterocycles. The number of likely N-dealkylation sites (tertiary alicyclic amines) is 1. The highest BCUT2D eigenvalue weighted by molar-refractivity contribution is 5.92. The van der Waals surface area contributed by atoms with Crippen LogP contribution in [0.25, 0.3) is 10.9 Å². The lowest BCUT2D eigenvalue weighted by Gasteiger charge is -2.32. The van der Waals surface area contributed by atoms with E-state index in [1.165, 1.54) is 4.57 Å². The number of benzene rings is 1. The largest absolute Gasteiger partial charge is 0.337 e. The number of hydrogen-bond donors (Lipinski definition) is 1. The van der Waals surface area contributed by atoms with Crippen molar-refractivity contribution in [2.45, 2.75) is 32.4 Å². The van der Waals surface area contributed by atoms with Gasteiger partial charge in [0, 0.05) is 31.9 Å². The molecule has 3 aromatic rings. The zero-order valence-corrected chi connectivity index (χ0v) is 15.1. The fourth-order valence-electron chi connectivity index (χ4n) is 3.65. The zero-order valence-electron chi connectivity index (χ0n) is 15.1. The van der Waals surface area contributed by atoms with E-state index in [4.69, 9.17) is 0 Å². The Morgan fingerprint density at radius 2 is 1.93 bits per heavy atom. The molecule has 140 valence electrons. The van der Waals surface area contributed by atoms with Crippen LogP contribution in [0.15, 0.2) is 46.1 Å². The highest BCUT2D eigenvalue weighted by atomic mass is 16.2. The van der Waals surface area contributed by atoms with E-state index in [9.17, 15) is 14.4 Å². The fourth-order valence-corrected chi connectivity index (χ4v) is 3.65. The van der Waals surface area contributed by atoms with Gasteiger partial charge in [0.25, 0.3) is 11.5 Å². The van der Waals surface area contributed by atoms with E-state index in [2.05, 4.69) is 10.1 Å². The minimum atomic E-state index is -0.398. The molecule has 4 rings (SSSR count). The predicted molar refractivity (Wildman–Crippen MR) is 101 cm³/mol. The Balaban J connectivity index is 1.54. The average molecular weight is 367 g/mol. The van der Waals surface area contributed by atoms with Gasteiger partial charge in [-0.2, -0.15) is 5.10 Å². The third-order valence-electron chi connectivity index (χ3n) is 5.14.